The Morgan fingerprint density at radius 3 is 1.29 bits per heavy atom. The Morgan fingerprint density at radius 1 is 0.417 bits per heavy atom. The summed E-state index contributed by atoms with van der Waals surface area (Å²) in [4.78, 5) is 242. The number of nitrogens with zero attached hydrogens (tertiary/aromatic N) is 1. The van der Waals surface area contributed by atoms with Crippen LogP contribution < -0.4 is 104 Å². The highest BCUT2D eigenvalue weighted by Crippen LogP contribution is 2.16. The minimum Gasteiger partial charge on any atom is -0.508 e. The minimum absolute atomic E-state index is 0.0524. The summed E-state index contributed by atoms with van der Waals surface area (Å²) < 4.78 is 0. The van der Waals surface area contributed by atoms with Crippen LogP contribution in [-0.2, 0) is 92.7 Å². The Balaban J connectivity index is 3.72. The first-order chi connectivity index (χ1) is 50.4. The molecule has 0 aromatic heterocycles. The third-order valence-electron chi connectivity index (χ3n) is 16.0. The van der Waals surface area contributed by atoms with Crippen molar-refractivity contribution in [3.05, 3.63) is 29.8 Å². The lowest BCUT2D eigenvalue weighted by Gasteiger charge is -2.29. The zero-order valence-corrected chi connectivity index (χ0v) is 61.5. The number of guanidine groups is 1. The Kier molecular flexibility index (Phi) is 42.7. The first-order valence-electron chi connectivity index (χ1n) is 34.9. The molecule has 0 unspecified atom stereocenters. The second-order valence-electron chi connectivity index (χ2n) is 26.8. The zero-order valence-electron chi connectivity index (χ0n) is 61.5. The van der Waals surface area contributed by atoms with Gasteiger partial charge in [0, 0.05) is 32.2 Å². The molecule has 0 heterocycles. The highest BCUT2D eigenvalue weighted by atomic mass is 16.4. The molecule has 30 N–H and O–H groups in total. The number of unbranched alkanes of at least 4 members (excludes halogenated alkanes) is 1. The molecule has 0 radical (unpaired) electrons. The average molecular weight is 1530 g/mol. The number of aromatic hydroxyl groups is 1. The van der Waals surface area contributed by atoms with E-state index in [-0.39, 0.29) is 94.9 Å². The summed E-state index contributed by atoms with van der Waals surface area (Å²) >= 11 is 0. The van der Waals surface area contributed by atoms with Crippen LogP contribution in [0.4, 0.5) is 0 Å². The zero-order chi connectivity index (χ0) is 82.2. The number of aliphatic carboxylic acids is 3. The molecule has 0 spiro atoms. The molecule has 0 saturated heterocycles. The highest BCUT2D eigenvalue weighted by Gasteiger charge is 2.38. The molecule has 604 valence electrons. The molecule has 15 amide bonds. The van der Waals surface area contributed by atoms with E-state index >= 15 is 0 Å². The van der Waals surface area contributed by atoms with E-state index in [1.165, 1.54) is 45.0 Å². The largest absolute Gasteiger partial charge is 0.508 e. The first-order valence-corrected chi connectivity index (χ1v) is 34.9. The smallest absolute Gasteiger partial charge is 0.305 e. The van der Waals surface area contributed by atoms with Gasteiger partial charge in [0.2, 0.25) is 88.6 Å². The van der Waals surface area contributed by atoms with Crippen molar-refractivity contribution in [1.82, 2.24) is 63.8 Å². The van der Waals surface area contributed by atoms with E-state index in [0.717, 1.165) is 0 Å². The molecular formula is C66H108N20O22. The summed E-state index contributed by atoms with van der Waals surface area (Å²) in [5, 5.41) is 67.1. The predicted octanol–water partition coefficient (Wildman–Crippen LogP) is -7.51. The molecule has 0 aliphatic heterocycles. The highest BCUT2D eigenvalue weighted by molar-refractivity contribution is 6.01. The summed E-state index contributed by atoms with van der Waals surface area (Å²) in [6.07, 6.45) is -5.70. The van der Waals surface area contributed by atoms with Gasteiger partial charge in [0.1, 0.15) is 72.2 Å². The van der Waals surface area contributed by atoms with Gasteiger partial charge in [-0.3, -0.25) is 91.3 Å². The maximum atomic E-state index is 14.7. The number of phenols is 1. The Labute approximate surface area is 622 Å². The number of aliphatic imine (C=N–C) groups is 1. The van der Waals surface area contributed by atoms with Gasteiger partial charge in [-0.05, 0) is 113 Å². The van der Waals surface area contributed by atoms with Crippen LogP contribution in [0.15, 0.2) is 29.3 Å². The van der Waals surface area contributed by atoms with Crippen molar-refractivity contribution in [3.8, 4) is 5.75 Å². The summed E-state index contributed by atoms with van der Waals surface area (Å²) in [5.41, 5.74) is 39.2. The number of amides is 15. The third kappa shape index (κ3) is 38.6. The molecule has 0 bridgehead atoms. The van der Waals surface area contributed by atoms with Gasteiger partial charge < -0.3 is 124 Å². The lowest BCUT2D eigenvalue weighted by molar-refractivity contribution is -0.142. The molecule has 0 fully saturated rings. The van der Waals surface area contributed by atoms with Crippen molar-refractivity contribution in [2.75, 3.05) is 19.6 Å². The predicted molar refractivity (Wildman–Crippen MR) is 384 cm³/mol. The van der Waals surface area contributed by atoms with Crippen LogP contribution in [0.5, 0.6) is 5.75 Å². The molecular weight excluding hydrogens is 1420 g/mol. The first kappa shape index (κ1) is 94.7. The van der Waals surface area contributed by atoms with E-state index in [2.05, 4.69) is 68.8 Å². The number of carboxylic acids is 3. The lowest BCUT2D eigenvalue weighted by atomic mass is 9.99. The van der Waals surface area contributed by atoms with Crippen LogP contribution in [0.2, 0.25) is 0 Å². The number of phenolic OH excluding ortho intramolecular Hbond substituents is 1. The number of rotatable bonds is 53. The van der Waals surface area contributed by atoms with Crippen molar-refractivity contribution in [1.29, 1.82) is 0 Å². The van der Waals surface area contributed by atoms with Crippen LogP contribution in [0.1, 0.15) is 150 Å². The van der Waals surface area contributed by atoms with E-state index in [9.17, 15) is 102 Å². The second kappa shape index (κ2) is 48.7. The number of primary amides is 3. The van der Waals surface area contributed by atoms with Crippen molar-refractivity contribution in [2.24, 2.45) is 62.9 Å². The second-order valence-corrected chi connectivity index (χ2v) is 26.8. The van der Waals surface area contributed by atoms with Gasteiger partial charge in [-0.25, -0.2) is 0 Å². The van der Waals surface area contributed by atoms with E-state index < -0.39 is 236 Å². The van der Waals surface area contributed by atoms with Crippen molar-refractivity contribution >= 4 is 112 Å². The summed E-state index contributed by atoms with van der Waals surface area (Å²) in [6.45, 7) is 10.0. The number of benzene rings is 1. The van der Waals surface area contributed by atoms with Crippen LogP contribution in [-0.4, -0.2) is 225 Å². The topological polar surface area (TPSA) is 727 Å². The van der Waals surface area contributed by atoms with Gasteiger partial charge in [-0.2, -0.15) is 0 Å². The fourth-order valence-corrected chi connectivity index (χ4v) is 10.3. The van der Waals surface area contributed by atoms with E-state index in [4.69, 9.17) is 45.2 Å². The number of carboxylic acid groups (broad SMARTS) is 3. The number of nitrogens with one attached hydrogen (secondary N) is 12. The summed E-state index contributed by atoms with van der Waals surface area (Å²) in [7, 11) is 0. The van der Waals surface area contributed by atoms with E-state index in [1.807, 2.05) is 0 Å². The standard InChI is InChI=1S/C66H108N20O22/c1-31(2)25-42(77-49(90)30-75-55(98)34(7)76-57(100)40(18-20-47(69)88)78-56(99)37(68)17-21-50(91)92)61(104)84-45(28-48(70)89)64(107)80-39(12-10-24-74-66(72)73)58(101)79-38(11-8-9-23-67)59(102)83-44(27-35-13-15-36(87)16-14-35)63(106)82-43(26-32(3)4)62(105)85-46(29-52(95)96)65(108)81-41(19-22-51(93)94)60(103)86-53(33(5)6)54(71)97/h13-16,31-34,37-46,53,87H,8-12,17-30,67-68H2,1-7H3,(H2,69,88)(H2,70,89)(H2,71,97)(H,75,98)(H,76,100)(H,77,90)(H,78,99)(H,79,101)(H,80,107)(H,81,108)(H,82,106)(H,83,102)(H,84,104)(H,85,105)(H,86,103)(H,91,92)(H,93,94)(H,95,96)(H4,72,73,74)/t34-,37-,38-,39-,40-,41-,42-,43-,44-,45-,46-,53-/m0/s1. The molecule has 1 aromatic carbocycles. The molecule has 108 heavy (non-hydrogen) atoms. The van der Waals surface area contributed by atoms with E-state index in [1.54, 1.807) is 27.7 Å². The van der Waals surface area contributed by atoms with Crippen LogP contribution in [0.3, 0.4) is 0 Å². The Bertz CT molecular complexity index is 3330. The van der Waals surface area contributed by atoms with Crippen molar-refractivity contribution in [3.63, 3.8) is 0 Å². The Hall–Kier alpha value is -11.3. The molecule has 0 aliphatic carbocycles. The van der Waals surface area contributed by atoms with Gasteiger partial charge in [-0.1, -0.05) is 53.7 Å². The fraction of sp³-hybridized carbons (Fsp3) is 0.621. The molecule has 0 saturated carbocycles. The van der Waals surface area contributed by atoms with Crippen LogP contribution in [0.25, 0.3) is 0 Å². The van der Waals surface area contributed by atoms with E-state index in [0.29, 0.717) is 5.56 Å². The van der Waals surface area contributed by atoms with Gasteiger partial charge in [0.25, 0.3) is 0 Å². The maximum absolute atomic E-state index is 14.7. The quantitative estimate of drug-likeness (QED) is 0.0164. The van der Waals surface area contributed by atoms with Gasteiger partial charge in [0.05, 0.1) is 25.4 Å². The molecule has 12 atom stereocenters. The molecule has 42 nitrogen and oxygen atoms in total. The van der Waals surface area contributed by atoms with Crippen LogP contribution >= 0.6 is 0 Å². The normalized spacial score (nSPS) is 14.4. The van der Waals surface area contributed by atoms with Crippen LogP contribution in [0, 0.1) is 17.8 Å². The Morgan fingerprint density at radius 2 is 0.824 bits per heavy atom. The fourth-order valence-electron chi connectivity index (χ4n) is 10.3. The molecule has 0 aliphatic rings. The maximum Gasteiger partial charge on any atom is 0.305 e. The molecule has 1 rings (SSSR count). The number of nitrogens with two attached hydrogens (primary N) is 7. The number of carbonyl (C=O) groups is 18. The average Bonchev–Trinajstić information content (AvgIpc) is 0.859. The number of carbonyl (C=O) groups excluding carboxylic acids is 15. The van der Waals surface area contributed by atoms with Gasteiger partial charge in [0.15, 0.2) is 5.96 Å². The SMILES string of the molecule is CC(C)C[C@H](NC(=O)CNC(=O)[C@H](C)NC(=O)[C@H](CCC(N)=O)NC(=O)[C@@H](N)CCC(=O)O)C(=O)N[C@@H](CC(N)=O)C(=O)N[C@@H](CCCN=C(N)N)C(=O)N[C@@H](CCCCN)C(=O)N[C@@H](Cc1ccc(O)cc1)C(=O)N[C@@H](CC(C)C)C(=O)N[C@@H](CC(=O)O)C(=O)N[C@@H](CCC(=O)O)C(=O)N[C@H](C(N)=O)C(C)C. The third-order valence-corrected chi connectivity index (χ3v) is 16.0. The van der Waals surface area contributed by atoms with Crippen molar-refractivity contribution < 1.29 is 107 Å². The number of hydrogen-bond acceptors (Lipinski definition) is 22. The van der Waals surface area contributed by atoms with Gasteiger partial charge >= 0.3 is 17.9 Å². The summed E-state index contributed by atoms with van der Waals surface area (Å²) in [6, 6.07) is -13.9. The summed E-state index contributed by atoms with van der Waals surface area (Å²) in [5.74, 6) is -22.0. The number of hydrogen-bond donors (Lipinski definition) is 23. The lowest BCUT2D eigenvalue weighted by Crippen LogP contribution is -2.61. The minimum atomic E-state index is -2.00. The molecule has 42 heteroatoms. The monoisotopic (exact) mass is 1530 g/mol. The van der Waals surface area contributed by atoms with Crippen molar-refractivity contribution in [2.45, 2.75) is 224 Å². The molecule has 1 aromatic rings. The van der Waals surface area contributed by atoms with Gasteiger partial charge in [-0.15, -0.1) is 0 Å².